The van der Waals surface area contributed by atoms with Gasteiger partial charge in [-0.25, -0.2) is 0 Å². The van der Waals surface area contributed by atoms with E-state index in [9.17, 15) is 0 Å². The molecule has 0 bridgehead atoms. The molecule has 0 radical (unpaired) electrons. The zero-order valence-electron chi connectivity index (χ0n) is 17.7. The van der Waals surface area contributed by atoms with Crippen molar-refractivity contribution in [2.24, 2.45) is 0 Å². The first-order chi connectivity index (χ1) is 11.3. The first-order valence-corrected chi connectivity index (χ1v) is 16.9. The summed E-state index contributed by atoms with van der Waals surface area (Å²) in [5.41, 5.74) is 19.8. The van der Waals surface area contributed by atoms with Crippen molar-refractivity contribution in [2.45, 2.75) is 76.6 Å². The molecule has 0 saturated carbocycles. The minimum absolute atomic E-state index is 0. The molecule has 5 heteroatoms. The number of nitrogens with one attached hydrogen (secondary N) is 3. The fourth-order valence-electron chi connectivity index (χ4n) is 1.40. The Hall–Kier alpha value is 0.656. The Morgan fingerprint density at radius 2 is 0.960 bits per heavy atom. The summed E-state index contributed by atoms with van der Waals surface area (Å²) < 4.78 is 1.61. The van der Waals surface area contributed by atoms with E-state index in [1.54, 1.807) is 4.40 Å². The van der Waals surface area contributed by atoms with Crippen molar-refractivity contribution >= 4 is 17.7 Å². The Morgan fingerprint density at radius 3 is 1.04 bits per heavy atom. The third-order valence-corrected chi connectivity index (χ3v) is 7.45. The van der Waals surface area contributed by atoms with Gasteiger partial charge >= 0.3 is 85.4 Å². The summed E-state index contributed by atoms with van der Waals surface area (Å²) in [6, 6.07) is 8.76. The number of rotatable bonds is 7. The van der Waals surface area contributed by atoms with Crippen LogP contribution in [0.25, 0.3) is 17.2 Å². The molecule has 0 aliphatic rings. The molecule has 1 rings (SSSR count). The van der Waals surface area contributed by atoms with Gasteiger partial charge in [0.05, 0.1) is 0 Å². The minimum atomic E-state index is -1.44. The molecular weight excluding hydrogens is 446 g/mol. The van der Waals surface area contributed by atoms with Crippen molar-refractivity contribution in [1.29, 1.82) is 0 Å². The minimum Gasteiger partial charge on any atom is 4.00 e. The molecule has 0 aliphatic heterocycles. The van der Waals surface area contributed by atoms with Crippen LogP contribution in [0.15, 0.2) is 24.3 Å². The summed E-state index contributed by atoms with van der Waals surface area (Å²) in [7, 11) is 0. The maximum absolute atomic E-state index is 6.60. The molecule has 146 valence electrons. The predicted molar refractivity (Wildman–Crippen MR) is 117 cm³/mol. The summed E-state index contributed by atoms with van der Waals surface area (Å²) in [5, 5.41) is 0. The van der Waals surface area contributed by atoms with Gasteiger partial charge in [0.2, 0.25) is 0 Å². The van der Waals surface area contributed by atoms with E-state index in [0.29, 0.717) is 19.6 Å². The molecule has 0 unspecified atom stereocenters. The molecule has 0 amide bonds. The first kappa shape index (κ1) is 33.3. The van der Waals surface area contributed by atoms with Crippen LogP contribution < -0.4 is 4.40 Å². The molecule has 1 aromatic rings. The van der Waals surface area contributed by atoms with Crippen LogP contribution >= 0.6 is 0 Å². The van der Waals surface area contributed by atoms with Gasteiger partial charge in [0.25, 0.3) is 0 Å². The Morgan fingerprint density at radius 1 is 0.680 bits per heavy atom. The average Bonchev–Trinajstić information content (AvgIpc) is 3.06. The van der Waals surface area contributed by atoms with E-state index in [0.717, 1.165) is 38.5 Å². The Kier molecular flexibility index (Phi) is 35.8. The second kappa shape index (κ2) is 26.9. The van der Waals surface area contributed by atoms with Crippen LogP contribution in [0.2, 0.25) is 17.3 Å². The molecular formula is C20H43GeN3Zr. The number of unbranched alkanes of at least 4 members (excludes halogenated alkanes) is 3. The van der Waals surface area contributed by atoms with Crippen LogP contribution in [-0.4, -0.2) is 32.9 Å². The van der Waals surface area contributed by atoms with Crippen LogP contribution in [0.1, 0.15) is 59.3 Å². The number of hydrogen-bond donors (Lipinski definition) is 0. The van der Waals surface area contributed by atoms with E-state index in [1.807, 2.05) is 0 Å². The fourth-order valence-corrected chi connectivity index (χ4v) is 3.91. The van der Waals surface area contributed by atoms with Crippen LogP contribution in [-0.2, 0) is 26.2 Å². The predicted octanol–water partition coefficient (Wildman–Crippen LogP) is 7.46. The van der Waals surface area contributed by atoms with Crippen molar-refractivity contribution in [3.8, 4) is 0 Å². The van der Waals surface area contributed by atoms with Crippen molar-refractivity contribution in [3.63, 3.8) is 0 Å². The van der Waals surface area contributed by atoms with E-state index in [-0.39, 0.29) is 26.2 Å². The molecule has 0 fully saturated rings. The molecule has 25 heavy (non-hydrogen) atoms. The van der Waals surface area contributed by atoms with Gasteiger partial charge in [0, 0.05) is 0 Å². The zero-order valence-corrected chi connectivity index (χ0v) is 22.2. The van der Waals surface area contributed by atoms with Gasteiger partial charge in [-0.2, -0.15) is 19.6 Å². The van der Waals surface area contributed by atoms with Gasteiger partial charge in [-0.1, -0.05) is 59.3 Å². The third-order valence-electron chi connectivity index (χ3n) is 3.12. The van der Waals surface area contributed by atoms with Gasteiger partial charge in [0.1, 0.15) is 0 Å². The van der Waals surface area contributed by atoms with E-state index in [1.165, 1.54) is 0 Å². The van der Waals surface area contributed by atoms with Crippen molar-refractivity contribution in [3.05, 3.63) is 41.5 Å². The second-order valence-electron chi connectivity index (χ2n) is 6.73. The van der Waals surface area contributed by atoms with E-state index < -0.39 is 13.3 Å². The number of hydrogen-bond acceptors (Lipinski definition) is 0. The van der Waals surface area contributed by atoms with Gasteiger partial charge in [-0.15, -0.1) is 0 Å². The van der Waals surface area contributed by atoms with Crippen molar-refractivity contribution in [1.82, 2.24) is 0 Å². The molecule has 1 aromatic carbocycles. The molecule has 0 aliphatic carbocycles. The molecule has 0 atom stereocenters. The van der Waals surface area contributed by atoms with Crippen LogP contribution in [0.4, 0.5) is 0 Å². The first-order valence-electron chi connectivity index (χ1n) is 9.51. The normalized spacial score (nSPS) is 9.32. The third kappa shape index (κ3) is 32.8. The van der Waals surface area contributed by atoms with Gasteiger partial charge in [-0.3, -0.25) is 0 Å². The van der Waals surface area contributed by atoms with E-state index in [2.05, 4.69) is 62.3 Å². The Bertz CT molecular complexity index is 278. The molecule has 0 aromatic heterocycles. The van der Waals surface area contributed by atoms with Gasteiger partial charge in [-0.05, 0) is 0 Å². The molecule has 0 saturated heterocycles. The van der Waals surface area contributed by atoms with Crippen molar-refractivity contribution < 1.29 is 26.2 Å². The molecule has 0 spiro atoms. The summed E-state index contributed by atoms with van der Waals surface area (Å²) in [5.74, 6) is 7.24. The Balaban J connectivity index is -0.000000122. The Labute approximate surface area is 180 Å². The fraction of sp³-hybridized carbons (Fsp3) is 0.750. The topological polar surface area (TPSA) is 71.4 Å². The second-order valence-corrected chi connectivity index (χ2v) is 17.4. The smallest absolute Gasteiger partial charge is 4.00 e. The maximum Gasteiger partial charge on any atom is 4.00 e. The quantitative estimate of drug-likeness (QED) is 0.282. The summed E-state index contributed by atoms with van der Waals surface area (Å²) in [4.78, 5) is 0. The van der Waals surface area contributed by atoms with Crippen LogP contribution in [0.3, 0.4) is 0 Å². The molecule has 0 heterocycles. The van der Waals surface area contributed by atoms with Crippen LogP contribution in [0.5, 0.6) is 0 Å². The average molecular weight is 489 g/mol. The van der Waals surface area contributed by atoms with Crippen molar-refractivity contribution in [2.75, 3.05) is 19.6 Å². The molecule has 3 nitrogen and oxygen atoms in total. The SMILES string of the molecule is CCCC[NH-].CCCC[NH-].CCCC[NH-].[CH3][Ge]([CH3])([CH3])[c-]1cccc1.[Zr+4]. The van der Waals surface area contributed by atoms with Crippen LogP contribution in [0, 0.1) is 0 Å². The maximum atomic E-state index is 6.60. The standard InChI is InChI=1S/C8H13Ge.3C4H10N.Zr/c1-9(2,3)8-6-4-5-7-8;3*1-2-3-4-5;/h4-7H,1-3H3;3*5H,2-4H2,1H3;/q4*-1;+4. The largest absolute Gasteiger partial charge is 4.00 e. The van der Waals surface area contributed by atoms with Gasteiger partial charge in [0.15, 0.2) is 0 Å². The summed E-state index contributed by atoms with van der Waals surface area (Å²) in [6.45, 7) is 8.06. The summed E-state index contributed by atoms with van der Waals surface area (Å²) in [6.07, 6.45) is 6.64. The van der Waals surface area contributed by atoms with Gasteiger partial charge < -0.3 is 17.2 Å². The van der Waals surface area contributed by atoms with E-state index >= 15 is 0 Å². The zero-order chi connectivity index (χ0) is 19.3. The summed E-state index contributed by atoms with van der Waals surface area (Å²) >= 11 is -1.44. The van der Waals surface area contributed by atoms with E-state index in [4.69, 9.17) is 17.2 Å². The molecule has 3 N–H and O–H groups in total. The monoisotopic (exact) mass is 489 g/mol.